The summed E-state index contributed by atoms with van der Waals surface area (Å²) >= 11 is 0. The summed E-state index contributed by atoms with van der Waals surface area (Å²) in [6.07, 6.45) is 1.85. The molecular formula is C137H96N6. The van der Waals surface area contributed by atoms with Crippen molar-refractivity contribution in [2.75, 3.05) is 0 Å². The second kappa shape index (κ2) is 34.3. The molecule has 6 heteroatoms. The summed E-state index contributed by atoms with van der Waals surface area (Å²) in [5, 5.41) is 13.2. The van der Waals surface area contributed by atoms with Gasteiger partial charge in [0.25, 0.3) is 0 Å². The largest absolute Gasteiger partial charge is 0.256 e. The number of nitrogens with zero attached hydrogens (tertiary/aromatic N) is 6. The van der Waals surface area contributed by atoms with Crippen LogP contribution in [0.2, 0.25) is 0 Å². The van der Waals surface area contributed by atoms with E-state index >= 15 is 0 Å². The van der Waals surface area contributed by atoms with E-state index in [1.54, 1.807) is 0 Å². The average molecular weight is 1830 g/mol. The molecule has 25 aromatic rings. The first-order chi connectivity index (χ1) is 70.2. The molecule has 6 nitrogen and oxygen atoms in total. The summed E-state index contributed by atoms with van der Waals surface area (Å²) in [5.41, 5.74) is 44.7. The lowest BCUT2D eigenvalue weighted by Crippen LogP contribution is -2.16. The number of fused-ring (bicyclic) bond motifs is 21. The van der Waals surface area contributed by atoms with Crippen LogP contribution in [0.25, 0.3) is 243 Å². The summed E-state index contributed by atoms with van der Waals surface area (Å²) in [4.78, 5) is 31.3. The van der Waals surface area contributed by atoms with Crippen LogP contribution in [-0.4, -0.2) is 29.9 Å². The Morgan fingerprint density at radius 2 is 0.483 bits per heavy atom. The molecule has 0 spiro atoms. The highest BCUT2D eigenvalue weighted by Crippen LogP contribution is 2.59. The Morgan fingerprint density at radius 1 is 0.175 bits per heavy atom. The Balaban J connectivity index is 0.000000113. The van der Waals surface area contributed by atoms with Crippen LogP contribution in [0.3, 0.4) is 0 Å². The predicted octanol–water partition coefficient (Wildman–Crippen LogP) is 35.9. The standard InChI is InChI=1S/C58H39N3.C40H29N.C39H28N2/c1-58(2)48-23-12-11-22-46(48)56-54(58)52(53-44-21-10-9-14-37(44)28-32-51(53)61-56)42-20-13-19-41(34-42)36-24-26-38(27-25-36)47-35-43-29-31-49(39-15-5-3-6-16-39)59-55(43)57-45(47)30-33-50(60-57)40-17-7-4-8-18-40;1-40(2)34-21-9-8-20-33(34)39-38(40)36(37-32-19-7-6-14-27(32)22-23-35(37)41-39)31-18-11-17-30(25-31)29-16-10-15-28(24-29)26-12-4-3-5-13-26;1-39(2)32-18-6-5-17-31(32)38-37(39)35(36-30-16-4-3-11-25(30)20-21-34(36)41-38)29-15-10-13-27(24-29)26-12-9-14-28(23-26)33-19-7-8-22-40-33/h3-35H,1-2H3;3-25H,1-2H3;3-24H,1-2H3. The predicted molar refractivity (Wildman–Crippen MR) is 599 cm³/mol. The molecule has 0 saturated heterocycles. The molecule has 0 N–H and O–H groups in total. The molecule has 0 fully saturated rings. The normalized spacial score (nSPS) is 13.1. The van der Waals surface area contributed by atoms with Gasteiger partial charge in [-0.05, 0) is 240 Å². The van der Waals surface area contributed by atoms with Gasteiger partial charge in [-0.1, -0.05) is 424 Å². The van der Waals surface area contributed by atoms with Crippen LogP contribution >= 0.6 is 0 Å². The monoisotopic (exact) mass is 1820 g/mol. The molecule has 0 aliphatic heterocycles. The van der Waals surface area contributed by atoms with Gasteiger partial charge < -0.3 is 0 Å². The number of rotatable bonds is 11. The smallest absolute Gasteiger partial charge is 0.0978 e. The van der Waals surface area contributed by atoms with Crippen LogP contribution in [0.1, 0.15) is 74.9 Å². The van der Waals surface area contributed by atoms with Crippen molar-refractivity contribution in [1.29, 1.82) is 0 Å². The summed E-state index contributed by atoms with van der Waals surface area (Å²) < 4.78 is 0. The molecule has 0 amide bonds. The average Bonchev–Trinajstić information content (AvgIpc) is 1.55. The highest BCUT2D eigenvalue weighted by Gasteiger charge is 2.44. The van der Waals surface area contributed by atoms with E-state index in [-0.39, 0.29) is 16.2 Å². The first kappa shape index (κ1) is 85.6. The molecule has 0 unspecified atom stereocenters. The zero-order valence-corrected chi connectivity index (χ0v) is 80.2. The topological polar surface area (TPSA) is 77.3 Å². The second-order valence-corrected chi connectivity index (χ2v) is 39.8. The Kier molecular flexibility index (Phi) is 20.6. The molecule has 143 heavy (non-hydrogen) atoms. The van der Waals surface area contributed by atoms with Crippen molar-refractivity contribution in [1.82, 2.24) is 29.9 Å². The molecular weight excluding hydrogens is 1730 g/mol. The third kappa shape index (κ3) is 14.5. The summed E-state index contributed by atoms with van der Waals surface area (Å²) in [7, 11) is 0. The van der Waals surface area contributed by atoms with Gasteiger partial charge in [0.2, 0.25) is 0 Å². The van der Waals surface area contributed by atoms with Crippen LogP contribution in [0, 0.1) is 0 Å². The quantitative estimate of drug-likeness (QED) is 0.120. The highest BCUT2D eigenvalue weighted by atomic mass is 14.8. The second-order valence-electron chi connectivity index (χ2n) is 39.8. The molecule has 674 valence electrons. The third-order valence-corrected chi connectivity index (χ3v) is 30.3. The van der Waals surface area contributed by atoms with E-state index in [9.17, 15) is 0 Å². The fourth-order valence-corrected chi connectivity index (χ4v) is 23.4. The van der Waals surface area contributed by atoms with Gasteiger partial charge in [-0.3, -0.25) is 4.98 Å². The molecule has 0 atom stereocenters. The molecule has 0 saturated carbocycles. The van der Waals surface area contributed by atoms with Gasteiger partial charge in [0.15, 0.2) is 0 Å². The van der Waals surface area contributed by atoms with Crippen molar-refractivity contribution in [2.45, 2.75) is 57.8 Å². The number of aromatic nitrogens is 6. The Morgan fingerprint density at radius 3 is 0.895 bits per heavy atom. The van der Waals surface area contributed by atoms with Crippen molar-refractivity contribution in [3.05, 3.63) is 507 Å². The van der Waals surface area contributed by atoms with Crippen LogP contribution < -0.4 is 0 Å². The molecule has 19 aromatic carbocycles. The molecule has 0 bridgehead atoms. The lowest BCUT2D eigenvalue weighted by molar-refractivity contribution is 0.661. The number of hydrogen-bond acceptors (Lipinski definition) is 6. The summed E-state index contributed by atoms with van der Waals surface area (Å²) in [6.45, 7) is 14.1. The molecule has 3 aliphatic carbocycles. The van der Waals surface area contributed by atoms with Crippen LogP contribution in [0.15, 0.2) is 473 Å². The zero-order chi connectivity index (χ0) is 95.8. The lowest BCUT2D eigenvalue weighted by Gasteiger charge is -2.26. The minimum Gasteiger partial charge on any atom is -0.256 e. The van der Waals surface area contributed by atoms with Crippen molar-refractivity contribution in [2.24, 2.45) is 0 Å². The SMILES string of the molecule is CC1(C)c2ccccc2-c2nc3ccc4ccccc4c3c(-c3cccc(-c4ccc(-c5cc6ccc(-c7ccccc7)nc6c6nc(-c7ccccc7)ccc56)cc4)c3)c21.CC1(C)c2ccccc2-c2nc3ccc4ccccc4c3c(-c3cccc(-c4cccc(-c5ccccc5)c4)c3)c21.CC1(C)c2ccccc2-c2nc3ccc4ccccc4c3c(-c3cccc(-c4cccc(-c5ccccn5)c4)c3)c21. The number of benzene rings is 19. The van der Waals surface area contributed by atoms with Gasteiger partial charge in [0.05, 0.1) is 61.7 Å². The van der Waals surface area contributed by atoms with Gasteiger partial charge in [-0.2, -0.15) is 0 Å². The maximum atomic E-state index is 5.42. The Hall–Kier alpha value is -17.8. The Bertz CT molecular complexity index is 9160. The van der Waals surface area contributed by atoms with E-state index in [1.807, 2.05) is 30.5 Å². The van der Waals surface area contributed by atoms with Crippen LogP contribution in [0.5, 0.6) is 0 Å². The van der Waals surface area contributed by atoms with Gasteiger partial charge in [-0.25, -0.2) is 24.9 Å². The minimum absolute atomic E-state index is 0.178. The van der Waals surface area contributed by atoms with Gasteiger partial charge in [0, 0.05) is 82.8 Å². The van der Waals surface area contributed by atoms with E-state index in [1.165, 1.54) is 171 Å². The van der Waals surface area contributed by atoms with Crippen molar-refractivity contribution in [3.63, 3.8) is 0 Å². The number of pyridine rings is 6. The molecule has 0 radical (unpaired) electrons. The highest BCUT2D eigenvalue weighted by molar-refractivity contribution is 6.20. The fourth-order valence-electron chi connectivity index (χ4n) is 23.4. The maximum absolute atomic E-state index is 5.42. The van der Waals surface area contributed by atoms with Crippen molar-refractivity contribution in [3.8, 4) is 157 Å². The summed E-state index contributed by atoms with van der Waals surface area (Å²) in [6, 6.07) is 168. The van der Waals surface area contributed by atoms with E-state index in [4.69, 9.17) is 24.9 Å². The van der Waals surface area contributed by atoms with Gasteiger partial charge in [-0.15, -0.1) is 0 Å². The van der Waals surface area contributed by atoms with Crippen LogP contribution in [0.4, 0.5) is 0 Å². The van der Waals surface area contributed by atoms with E-state index in [0.29, 0.717) is 0 Å². The Labute approximate surface area is 831 Å². The maximum Gasteiger partial charge on any atom is 0.0978 e. The van der Waals surface area contributed by atoms with Crippen molar-refractivity contribution >= 4 is 86.8 Å². The van der Waals surface area contributed by atoms with E-state index < -0.39 is 0 Å². The molecule has 28 rings (SSSR count). The van der Waals surface area contributed by atoms with Crippen molar-refractivity contribution < 1.29 is 0 Å². The van der Waals surface area contributed by atoms with Gasteiger partial charge >= 0.3 is 0 Å². The fraction of sp³-hybridized carbons (Fsp3) is 0.0657. The van der Waals surface area contributed by atoms with Gasteiger partial charge in [0.1, 0.15) is 0 Å². The molecule has 6 aromatic heterocycles. The molecule has 3 aliphatic rings. The first-order valence-electron chi connectivity index (χ1n) is 49.5. The summed E-state index contributed by atoms with van der Waals surface area (Å²) in [5.74, 6) is 0. The lowest BCUT2D eigenvalue weighted by atomic mass is 9.77. The van der Waals surface area contributed by atoms with E-state index in [2.05, 4.69) is 489 Å². The minimum atomic E-state index is -0.227. The third-order valence-electron chi connectivity index (χ3n) is 30.3. The molecule has 6 heterocycles. The number of hydrogen-bond donors (Lipinski definition) is 0. The van der Waals surface area contributed by atoms with E-state index in [0.717, 1.165) is 106 Å². The zero-order valence-electron chi connectivity index (χ0n) is 80.2. The van der Waals surface area contributed by atoms with Crippen LogP contribution in [-0.2, 0) is 16.2 Å². The first-order valence-corrected chi connectivity index (χ1v) is 49.5.